The van der Waals surface area contributed by atoms with Crippen LogP contribution in [0.1, 0.15) is 39.5 Å². The highest BCUT2D eigenvalue weighted by molar-refractivity contribution is 6.30. The lowest BCUT2D eigenvalue weighted by molar-refractivity contribution is -0.128. The molecule has 1 aromatic carbocycles. The minimum atomic E-state index is -0.473. The second-order valence-electron chi connectivity index (χ2n) is 6.64. The van der Waals surface area contributed by atoms with Crippen LogP contribution in [0.2, 0.25) is 5.02 Å². The molecule has 1 aliphatic heterocycles. The molecule has 0 spiro atoms. The van der Waals surface area contributed by atoms with E-state index >= 15 is 0 Å². The van der Waals surface area contributed by atoms with Crippen LogP contribution >= 0.6 is 11.6 Å². The molecule has 1 saturated heterocycles. The number of ether oxygens (including phenoxy) is 1. The van der Waals surface area contributed by atoms with Crippen molar-refractivity contribution in [3.63, 3.8) is 0 Å². The molecule has 1 aromatic rings. The van der Waals surface area contributed by atoms with Crippen LogP contribution in [0.4, 0.5) is 0 Å². The van der Waals surface area contributed by atoms with Gasteiger partial charge < -0.3 is 15.0 Å². The highest BCUT2D eigenvalue weighted by atomic mass is 35.5. The van der Waals surface area contributed by atoms with Crippen LogP contribution in [0.3, 0.4) is 0 Å². The van der Waals surface area contributed by atoms with Crippen LogP contribution in [0.5, 0.6) is 5.75 Å². The van der Waals surface area contributed by atoms with Gasteiger partial charge in [0, 0.05) is 11.6 Å². The molecule has 1 amide bonds. The van der Waals surface area contributed by atoms with E-state index in [-0.39, 0.29) is 5.91 Å². The summed E-state index contributed by atoms with van der Waals surface area (Å²) in [5, 5.41) is 3.60. The summed E-state index contributed by atoms with van der Waals surface area (Å²) in [6, 6.07) is 7.16. The van der Waals surface area contributed by atoms with E-state index < -0.39 is 6.10 Å². The van der Waals surface area contributed by atoms with E-state index in [1.54, 1.807) is 12.1 Å². The number of hydrogen-bond acceptors (Lipinski definition) is 3. The van der Waals surface area contributed by atoms with Crippen molar-refractivity contribution < 1.29 is 9.53 Å². The summed E-state index contributed by atoms with van der Waals surface area (Å²) in [7, 11) is 0. The quantitative estimate of drug-likeness (QED) is 0.725. The van der Waals surface area contributed by atoms with Crippen molar-refractivity contribution in [3.8, 4) is 5.75 Å². The zero-order chi connectivity index (χ0) is 17.4. The molecule has 1 atom stereocenters. The molecular formula is C19H29ClN2O2. The minimum Gasteiger partial charge on any atom is -0.481 e. The molecule has 24 heavy (non-hydrogen) atoms. The predicted octanol–water partition coefficient (Wildman–Crippen LogP) is 3.74. The predicted molar refractivity (Wildman–Crippen MR) is 98.6 cm³/mol. The first kappa shape index (κ1) is 19.1. The van der Waals surface area contributed by atoms with Crippen molar-refractivity contribution in [2.45, 2.75) is 45.6 Å². The number of piperidine rings is 1. The van der Waals surface area contributed by atoms with Gasteiger partial charge in [-0.2, -0.15) is 0 Å². The molecule has 134 valence electrons. The third kappa shape index (κ3) is 6.33. The van der Waals surface area contributed by atoms with Gasteiger partial charge >= 0.3 is 0 Å². The van der Waals surface area contributed by atoms with Gasteiger partial charge in [0.25, 0.3) is 5.91 Å². The zero-order valence-corrected chi connectivity index (χ0v) is 15.5. The van der Waals surface area contributed by atoms with Crippen LogP contribution in [-0.4, -0.2) is 43.1 Å². The SMILES string of the molecule is CC[C@@H](Oc1cccc(Cl)c1)C(=O)NCCCN1CCC(C)CC1. The maximum absolute atomic E-state index is 12.3. The largest absolute Gasteiger partial charge is 0.481 e. The number of likely N-dealkylation sites (tertiary alicyclic amines) is 1. The fourth-order valence-electron chi connectivity index (χ4n) is 2.94. The van der Waals surface area contributed by atoms with Crippen LogP contribution in [0.25, 0.3) is 0 Å². The number of carbonyl (C=O) groups excluding carboxylic acids is 1. The number of halogens is 1. The Morgan fingerprint density at radius 3 is 2.83 bits per heavy atom. The molecule has 4 nitrogen and oxygen atoms in total. The van der Waals surface area contributed by atoms with E-state index in [0.29, 0.717) is 23.7 Å². The Bertz CT molecular complexity index is 516. The van der Waals surface area contributed by atoms with E-state index in [4.69, 9.17) is 16.3 Å². The van der Waals surface area contributed by atoms with Crippen LogP contribution < -0.4 is 10.1 Å². The number of nitrogens with one attached hydrogen (secondary N) is 1. The monoisotopic (exact) mass is 352 g/mol. The molecular weight excluding hydrogens is 324 g/mol. The van der Waals surface area contributed by atoms with Crippen molar-refractivity contribution in [3.05, 3.63) is 29.3 Å². The van der Waals surface area contributed by atoms with Gasteiger partial charge in [0.2, 0.25) is 0 Å². The topological polar surface area (TPSA) is 41.6 Å². The van der Waals surface area contributed by atoms with Gasteiger partial charge in [0.15, 0.2) is 6.10 Å². The fourth-order valence-corrected chi connectivity index (χ4v) is 3.12. The number of amides is 1. The van der Waals surface area contributed by atoms with Crippen LogP contribution in [0.15, 0.2) is 24.3 Å². The zero-order valence-electron chi connectivity index (χ0n) is 14.8. The average Bonchev–Trinajstić information content (AvgIpc) is 2.58. The Kier molecular flexibility index (Phi) is 7.86. The van der Waals surface area contributed by atoms with Crippen molar-refractivity contribution in [1.29, 1.82) is 0 Å². The van der Waals surface area contributed by atoms with Crippen molar-refractivity contribution in [2.75, 3.05) is 26.2 Å². The average molecular weight is 353 g/mol. The molecule has 0 radical (unpaired) electrons. The molecule has 0 aromatic heterocycles. The number of nitrogens with zero attached hydrogens (tertiary/aromatic N) is 1. The molecule has 0 aliphatic carbocycles. The fraction of sp³-hybridized carbons (Fsp3) is 0.632. The Morgan fingerprint density at radius 1 is 1.42 bits per heavy atom. The highest BCUT2D eigenvalue weighted by Crippen LogP contribution is 2.19. The second-order valence-corrected chi connectivity index (χ2v) is 7.08. The van der Waals surface area contributed by atoms with Crippen molar-refractivity contribution >= 4 is 17.5 Å². The summed E-state index contributed by atoms with van der Waals surface area (Å²) in [5.41, 5.74) is 0. The Morgan fingerprint density at radius 2 is 2.17 bits per heavy atom. The summed E-state index contributed by atoms with van der Waals surface area (Å²) < 4.78 is 5.76. The maximum atomic E-state index is 12.3. The van der Waals surface area contributed by atoms with Gasteiger partial charge in [-0.3, -0.25) is 4.79 Å². The standard InChI is InChI=1S/C19H29ClN2O2/c1-3-18(24-17-7-4-6-16(20)14-17)19(23)21-10-5-11-22-12-8-15(2)9-13-22/h4,6-7,14-15,18H,3,5,8-13H2,1-2H3,(H,21,23)/t18-/m1/s1. The summed E-state index contributed by atoms with van der Waals surface area (Å²) in [6.45, 7) is 8.39. The first-order chi connectivity index (χ1) is 11.6. The summed E-state index contributed by atoms with van der Waals surface area (Å²) >= 11 is 5.95. The summed E-state index contributed by atoms with van der Waals surface area (Å²) in [4.78, 5) is 14.8. The Balaban J connectivity index is 1.68. The van der Waals surface area contributed by atoms with E-state index in [9.17, 15) is 4.79 Å². The molecule has 5 heteroatoms. The highest BCUT2D eigenvalue weighted by Gasteiger charge is 2.19. The minimum absolute atomic E-state index is 0.0512. The summed E-state index contributed by atoms with van der Waals surface area (Å²) in [5.74, 6) is 1.44. The van der Waals surface area contributed by atoms with E-state index in [2.05, 4.69) is 17.1 Å². The van der Waals surface area contributed by atoms with E-state index in [1.807, 2.05) is 19.1 Å². The van der Waals surface area contributed by atoms with Gasteiger partial charge in [-0.15, -0.1) is 0 Å². The maximum Gasteiger partial charge on any atom is 0.261 e. The second kappa shape index (κ2) is 9.90. The number of carbonyl (C=O) groups is 1. The Labute approximate surface area is 150 Å². The molecule has 1 fully saturated rings. The summed E-state index contributed by atoms with van der Waals surface area (Å²) in [6.07, 6.45) is 3.71. The molecule has 1 heterocycles. The van der Waals surface area contributed by atoms with Gasteiger partial charge in [-0.1, -0.05) is 31.5 Å². The smallest absolute Gasteiger partial charge is 0.261 e. The van der Waals surface area contributed by atoms with Crippen LogP contribution in [0, 0.1) is 5.92 Å². The molecule has 0 unspecified atom stereocenters. The lowest BCUT2D eigenvalue weighted by Crippen LogP contribution is -2.40. The molecule has 0 saturated carbocycles. The van der Waals surface area contributed by atoms with Gasteiger partial charge in [-0.25, -0.2) is 0 Å². The van der Waals surface area contributed by atoms with E-state index in [0.717, 1.165) is 18.9 Å². The van der Waals surface area contributed by atoms with Gasteiger partial charge in [-0.05, 0) is 69.4 Å². The third-order valence-corrected chi connectivity index (χ3v) is 4.80. The number of benzene rings is 1. The molecule has 2 rings (SSSR count). The van der Waals surface area contributed by atoms with Crippen LogP contribution in [-0.2, 0) is 4.79 Å². The number of hydrogen-bond donors (Lipinski definition) is 1. The van der Waals surface area contributed by atoms with Crippen molar-refractivity contribution in [1.82, 2.24) is 10.2 Å². The molecule has 0 bridgehead atoms. The van der Waals surface area contributed by atoms with Gasteiger partial charge in [0.1, 0.15) is 5.75 Å². The lowest BCUT2D eigenvalue weighted by Gasteiger charge is -2.30. The lowest BCUT2D eigenvalue weighted by atomic mass is 9.99. The Hall–Kier alpha value is -1.26. The molecule has 1 aliphatic rings. The first-order valence-electron chi connectivity index (χ1n) is 9.00. The van der Waals surface area contributed by atoms with E-state index in [1.165, 1.54) is 25.9 Å². The van der Waals surface area contributed by atoms with Gasteiger partial charge in [0.05, 0.1) is 0 Å². The normalized spacial score (nSPS) is 17.5. The van der Waals surface area contributed by atoms with Crippen molar-refractivity contribution in [2.24, 2.45) is 5.92 Å². The third-order valence-electron chi connectivity index (χ3n) is 4.56. The number of rotatable bonds is 8. The molecule has 1 N–H and O–H groups in total. The first-order valence-corrected chi connectivity index (χ1v) is 9.38.